The molecule has 0 saturated heterocycles. The zero-order chi connectivity index (χ0) is 24.4. The van der Waals surface area contributed by atoms with Gasteiger partial charge >= 0.3 is 0 Å². The molecule has 8 heteroatoms. The van der Waals surface area contributed by atoms with Crippen molar-refractivity contribution in [3.05, 3.63) is 121 Å². The standard InChI is InChI=1S/C27H22N4O3S/c1-17-23(25(32)30-19-10-4-3-5-11-19)24(18-9-8-13-21(15-18)34-2)31-26(33)22(35-27(31)29-17)16-20-12-6-7-14-28-20/h3-16,24H,1-2H3,(H,30,32)/b22-16+. The van der Waals surface area contributed by atoms with Crippen LogP contribution in [-0.2, 0) is 4.79 Å². The fraction of sp³-hybridized carbons (Fsp3) is 0.111. The van der Waals surface area contributed by atoms with E-state index in [0.29, 0.717) is 37.7 Å². The molecule has 1 aliphatic heterocycles. The van der Waals surface area contributed by atoms with Gasteiger partial charge in [0.25, 0.3) is 11.5 Å². The van der Waals surface area contributed by atoms with Crippen LogP contribution in [0.15, 0.2) is 100 Å². The van der Waals surface area contributed by atoms with Crippen LogP contribution in [0.3, 0.4) is 0 Å². The molecule has 0 spiro atoms. The Labute approximate surface area is 205 Å². The fourth-order valence-corrected chi connectivity index (χ4v) is 5.09. The highest BCUT2D eigenvalue weighted by atomic mass is 32.1. The predicted molar refractivity (Wildman–Crippen MR) is 136 cm³/mol. The summed E-state index contributed by atoms with van der Waals surface area (Å²) >= 11 is 1.28. The molecule has 174 valence electrons. The third-order valence-electron chi connectivity index (χ3n) is 5.67. The van der Waals surface area contributed by atoms with Crippen LogP contribution >= 0.6 is 11.3 Å². The van der Waals surface area contributed by atoms with Crippen molar-refractivity contribution in [1.29, 1.82) is 0 Å². The number of hydrogen-bond donors (Lipinski definition) is 1. The summed E-state index contributed by atoms with van der Waals surface area (Å²) in [4.78, 5) is 36.7. The number of hydrogen-bond acceptors (Lipinski definition) is 6. The lowest BCUT2D eigenvalue weighted by atomic mass is 9.95. The van der Waals surface area contributed by atoms with Gasteiger partial charge in [-0.3, -0.25) is 19.1 Å². The second-order valence-corrected chi connectivity index (χ2v) is 8.94. The Morgan fingerprint density at radius 1 is 1.09 bits per heavy atom. The number of ether oxygens (including phenoxy) is 1. The molecule has 2 aromatic carbocycles. The van der Waals surface area contributed by atoms with Crippen molar-refractivity contribution in [3.63, 3.8) is 0 Å². The molecule has 3 heterocycles. The van der Waals surface area contributed by atoms with E-state index in [1.54, 1.807) is 30.9 Å². The van der Waals surface area contributed by atoms with Crippen molar-refractivity contribution in [2.45, 2.75) is 13.0 Å². The maximum absolute atomic E-state index is 13.7. The molecular formula is C27H22N4O3S. The van der Waals surface area contributed by atoms with Crippen LogP contribution < -0.4 is 24.9 Å². The minimum Gasteiger partial charge on any atom is -0.497 e. The summed E-state index contributed by atoms with van der Waals surface area (Å²) in [5.74, 6) is 0.319. The lowest BCUT2D eigenvalue weighted by Gasteiger charge is -2.25. The fourth-order valence-electron chi connectivity index (χ4n) is 4.05. The van der Waals surface area contributed by atoms with Gasteiger partial charge in [0.05, 0.1) is 34.6 Å². The van der Waals surface area contributed by atoms with Crippen molar-refractivity contribution >= 4 is 29.0 Å². The number of nitrogens with one attached hydrogen (secondary N) is 1. The summed E-state index contributed by atoms with van der Waals surface area (Å²) in [6.45, 7) is 1.79. The number of nitrogens with zero attached hydrogens (tertiary/aromatic N) is 3. The Hall–Kier alpha value is -4.30. The molecule has 0 fully saturated rings. The van der Waals surface area contributed by atoms with Crippen LogP contribution in [0.5, 0.6) is 5.75 Å². The first kappa shape index (κ1) is 22.5. The molecule has 1 amide bonds. The van der Waals surface area contributed by atoms with Crippen molar-refractivity contribution in [3.8, 4) is 5.75 Å². The number of thiazole rings is 1. The SMILES string of the molecule is COc1cccc(C2C(C(=O)Nc3ccccc3)=C(C)N=c3s/c(=C/c4ccccn4)c(=O)n32)c1. The average molecular weight is 483 g/mol. The number of carbonyl (C=O) groups is 1. The van der Waals surface area contributed by atoms with E-state index in [-0.39, 0.29) is 11.5 Å². The van der Waals surface area contributed by atoms with E-state index in [0.717, 1.165) is 5.56 Å². The molecule has 1 N–H and O–H groups in total. The van der Waals surface area contributed by atoms with Crippen LogP contribution in [0.25, 0.3) is 6.08 Å². The Bertz CT molecular complexity index is 1610. The average Bonchev–Trinajstić information content (AvgIpc) is 3.18. The Kier molecular flexibility index (Phi) is 6.12. The normalized spacial score (nSPS) is 15.4. The van der Waals surface area contributed by atoms with E-state index in [1.165, 1.54) is 11.3 Å². The van der Waals surface area contributed by atoms with Gasteiger partial charge in [0.15, 0.2) is 4.80 Å². The summed E-state index contributed by atoms with van der Waals surface area (Å²) in [5.41, 5.74) is 2.81. The molecule has 1 aliphatic rings. The first-order valence-corrected chi connectivity index (χ1v) is 11.8. The van der Waals surface area contributed by atoms with Gasteiger partial charge in [0.2, 0.25) is 0 Å². The van der Waals surface area contributed by atoms with Gasteiger partial charge in [-0.05, 0) is 55.0 Å². The van der Waals surface area contributed by atoms with Crippen LogP contribution in [-0.4, -0.2) is 22.6 Å². The van der Waals surface area contributed by atoms with Crippen LogP contribution in [0.2, 0.25) is 0 Å². The number of carbonyl (C=O) groups excluding carboxylic acids is 1. The second kappa shape index (κ2) is 9.52. The number of rotatable bonds is 5. The van der Waals surface area contributed by atoms with Gasteiger partial charge in [-0.15, -0.1) is 0 Å². The number of benzene rings is 2. The summed E-state index contributed by atoms with van der Waals surface area (Å²) in [5, 5.41) is 2.95. The van der Waals surface area contributed by atoms with Gasteiger partial charge in [-0.25, -0.2) is 4.99 Å². The number of para-hydroxylation sites is 1. The zero-order valence-corrected chi connectivity index (χ0v) is 20.0. The van der Waals surface area contributed by atoms with Gasteiger partial charge in [-0.2, -0.15) is 0 Å². The third kappa shape index (κ3) is 4.43. The highest BCUT2D eigenvalue weighted by Crippen LogP contribution is 2.32. The number of methoxy groups -OCH3 is 1. The monoisotopic (exact) mass is 482 g/mol. The van der Waals surface area contributed by atoms with Crippen molar-refractivity contribution in [2.24, 2.45) is 4.99 Å². The number of anilines is 1. The molecular weight excluding hydrogens is 460 g/mol. The summed E-state index contributed by atoms with van der Waals surface area (Å²) in [6, 6.07) is 21.5. The van der Waals surface area contributed by atoms with Crippen LogP contribution in [0.4, 0.5) is 5.69 Å². The quantitative estimate of drug-likeness (QED) is 0.473. The molecule has 35 heavy (non-hydrogen) atoms. The predicted octanol–water partition coefficient (Wildman–Crippen LogP) is 3.28. The molecule has 7 nitrogen and oxygen atoms in total. The van der Waals surface area contributed by atoms with E-state index in [2.05, 4.69) is 15.3 Å². The largest absolute Gasteiger partial charge is 0.497 e. The maximum atomic E-state index is 13.7. The van der Waals surface area contributed by atoms with Crippen molar-refractivity contribution < 1.29 is 9.53 Å². The molecule has 0 saturated carbocycles. The minimum atomic E-state index is -0.670. The lowest BCUT2D eigenvalue weighted by molar-refractivity contribution is -0.113. The Balaban J connectivity index is 1.69. The third-order valence-corrected chi connectivity index (χ3v) is 6.66. The van der Waals surface area contributed by atoms with E-state index in [9.17, 15) is 9.59 Å². The van der Waals surface area contributed by atoms with Gasteiger partial charge in [0, 0.05) is 11.9 Å². The molecule has 1 atom stereocenters. The summed E-state index contributed by atoms with van der Waals surface area (Å²) in [6.07, 6.45) is 3.42. The van der Waals surface area contributed by atoms with Gasteiger partial charge < -0.3 is 10.1 Å². The van der Waals surface area contributed by atoms with E-state index >= 15 is 0 Å². The molecule has 4 aromatic rings. The first-order chi connectivity index (χ1) is 17.0. The van der Waals surface area contributed by atoms with E-state index < -0.39 is 6.04 Å². The van der Waals surface area contributed by atoms with E-state index in [1.807, 2.05) is 72.8 Å². The highest BCUT2D eigenvalue weighted by molar-refractivity contribution is 7.07. The number of fused-ring (bicyclic) bond motifs is 1. The van der Waals surface area contributed by atoms with Crippen molar-refractivity contribution in [1.82, 2.24) is 9.55 Å². The molecule has 5 rings (SSSR count). The highest BCUT2D eigenvalue weighted by Gasteiger charge is 2.32. The molecule has 1 unspecified atom stereocenters. The van der Waals surface area contributed by atoms with Crippen molar-refractivity contribution in [2.75, 3.05) is 12.4 Å². The van der Waals surface area contributed by atoms with Crippen LogP contribution in [0, 0.1) is 0 Å². The van der Waals surface area contributed by atoms with Gasteiger partial charge in [-0.1, -0.05) is 47.7 Å². The maximum Gasteiger partial charge on any atom is 0.271 e. The number of aromatic nitrogens is 2. The molecule has 0 radical (unpaired) electrons. The smallest absolute Gasteiger partial charge is 0.271 e. The number of amides is 1. The van der Waals surface area contributed by atoms with Crippen LogP contribution in [0.1, 0.15) is 24.2 Å². The molecule has 2 aromatic heterocycles. The zero-order valence-electron chi connectivity index (χ0n) is 19.1. The Morgan fingerprint density at radius 2 is 1.89 bits per heavy atom. The van der Waals surface area contributed by atoms with E-state index in [4.69, 9.17) is 4.74 Å². The molecule has 0 bridgehead atoms. The molecule has 0 aliphatic carbocycles. The lowest BCUT2D eigenvalue weighted by Crippen LogP contribution is -2.40. The Morgan fingerprint density at radius 3 is 2.63 bits per heavy atom. The topological polar surface area (TPSA) is 85.6 Å². The number of allylic oxidation sites excluding steroid dienone is 1. The van der Waals surface area contributed by atoms with Gasteiger partial charge in [0.1, 0.15) is 5.75 Å². The summed E-state index contributed by atoms with van der Waals surface area (Å²) in [7, 11) is 1.58. The summed E-state index contributed by atoms with van der Waals surface area (Å²) < 4.78 is 7.50. The minimum absolute atomic E-state index is 0.232. The second-order valence-electron chi connectivity index (χ2n) is 7.93. The number of pyridine rings is 1. The first-order valence-electron chi connectivity index (χ1n) is 11.0.